The molecule has 0 saturated heterocycles. The Hall–Kier alpha value is -9.39. The summed E-state index contributed by atoms with van der Waals surface area (Å²) in [5.41, 5.74) is 15.0. The summed E-state index contributed by atoms with van der Waals surface area (Å²) in [5.74, 6) is 1.72. The fraction of sp³-hybridized carbons (Fsp3) is 0. The van der Waals surface area contributed by atoms with E-state index in [1.165, 1.54) is 10.8 Å². The van der Waals surface area contributed by atoms with E-state index in [1.54, 1.807) is 0 Å². The molecule has 0 bridgehead atoms. The first-order chi connectivity index (χ1) is 34.2. The summed E-state index contributed by atoms with van der Waals surface area (Å²) in [6, 6.07) is 86.3. The maximum atomic E-state index is 5.51. The molecule has 0 unspecified atom stereocenters. The van der Waals surface area contributed by atoms with Crippen LogP contribution in [0, 0.1) is 0 Å². The zero-order valence-corrected chi connectivity index (χ0v) is 37.3. The summed E-state index contributed by atoms with van der Waals surface area (Å²) in [6.45, 7) is 0. The first-order valence-electron chi connectivity index (χ1n) is 23.4. The lowest BCUT2D eigenvalue weighted by atomic mass is 10.0. The number of hydrogen-bond acceptors (Lipinski definition) is 3. The van der Waals surface area contributed by atoms with E-state index < -0.39 is 0 Å². The van der Waals surface area contributed by atoms with Gasteiger partial charge in [0.1, 0.15) is 0 Å². The molecule has 0 atom stereocenters. The van der Waals surface area contributed by atoms with Gasteiger partial charge in [-0.1, -0.05) is 200 Å². The standard InChI is InChI=1S/C63H40N6/c1-4-19-41(20-5-1)43-35-37-45(38-36-43)62-64-61(44-23-8-3-9-24-44)65-63(66-62)69-56-34-17-13-30-51(56)58-57(68-54-32-15-10-27-48(54)49-28-11-16-33-55(49)68)40-52-50-29-12-14-31-53(50)67(59(52)60(58)69)47-26-18-25-46(39-47)42-21-6-2-7-22-42/h1-40H. The molecule has 14 aromatic rings. The molecule has 0 aliphatic heterocycles. The van der Waals surface area contributed by atoms with Crippen LogP contribution in [0.2, 0.25) is 0 Å². The van der Waals surface area contributed by atoms with Gasteiger partial charge in [0.25, 0.3) is 0 Å². The van der Waals surface area contributed by atoms with Gasteiger partial charge in [0, 0.05) is 49.1 Å². The molecule has 10 aromatic carbocycles. The van der Waals surface area contributed by atoms with Crippen LogP contribution in [-0.4, -0.2) is 28.7 Å². The zero-order valence-electron chi connectivity index (χ0n) is 37.3. The van der Waals surface area contributed by atoms with Gasteiger partial charge < -0.3 is 9.13 Å². The van der Waals surface area contributed by atoms with Crippen LogP contribution >= 0.6 is 0 Å². The molecular weight excluding hydrogens is 841 g/mol. The third-order valence-electron chi connectivity index (χ3n) is 13.7. The molecule has 6 nitrogen and oxygen atoms in total. The van der Waals surface area contributed by atoms with Crippen molar-refractivity contribution in [3.63, 3.8) is 0 Å². The van der Waals surface area contributed by atoms with Crippen molar-refractivity contribution in [2.45, 2.75) is 0 Å². The summed E-state index contributed by atoms with van der Waals surface area (Å²) >= 11 is 0. The Balaban J connectivity index is 1.15. The molecule has 0 aliphatic rings. The predicted octanol–water partition coefficient (Wildman–Crippen LogP) is 15.8. The van der Waals surface area contributed by atoms with Crippen LogP contribution in [0.25, 0.3) is 128 Å². The molecule has 0 saturated carbocycles. The second-order valence-corrected chi connectivity index (χ2v) is 17.6. The molecule has 4 heterocycles. The average molecular weight is 881 g/mol. The molecule has 4 aromatic heterocycles. The lowest BCUT2D eigenvalue weighted by Gasteiger charge is -2.16. The lowest BCUT2D eigenvalue weighted by molar-refractivity contribution is 0.953. The van der Waals surface area contributed by atoms with Crippen molar-refractivity contribution in [3.8, 4) is 62.4 Å². The second-order valence-electron chi connectivity index (χ2n) is 17.6. The minimum atomic E-state index is 0.535. The maximum absolute atomic E-state index is 5.51. The van der Waals surface area contributed by atoms with Crippen LogP contribution in [-0.2, 0) is 0 Å². The minimum absolute atomic E-state index is 0.535. The summed E-state index contributed by atoms with van der Waals surface area (Å²) in [4.78, 5) is 16.2. The van der Waals surface area contributed by atoms with Gasteiger partial charge in [-0.05, 0) is 64.7 Å². The van der Waals surface area contributed by atoms with Crippen LogP contribution < -0.4 is 0 Å². The highest BCUT2D eigenvalue weighted by Gasteiger charge is 2.28. The number of para-hydroxylation sites is 4. The SMILES string of the molecule is c1ccc(-c2ccc(-c3nc(-c4ccccc4)nc(-n4c5ccccc5c5c(-n6c7ccccc7c7ccccc76)cc6c7ccccc7n(-c7cccc(-c8ccccc8)c7)c6c54)n3)cc2)cc1. The van der Waals surface area contributed by atoms with E-state index in [-0.39, 0.29) is 0 Å². The van der Waals surface area contributed by atoms with Crippen molar-refractivity contribution in [1.29, 1.82) is 0 Å². The highest BCUT2D eigenvalue weighted by Crippen LogP contribution is 2.46. The molecule has 0 radical (unpaired) electrons. The third-order valence-corrected chi connectivity index (χ3v) is 13.7. The summed E-state index contributed by atoms with van der Waals surface area (Å²) in [6.07, 6.45) is 0. The number of nitrogens with zero attached hydrogens (tertiary/aromatic N) is 6. The fourth-order valence-corrected chi connectivity index (χ4v) is 10.6. The third kappa shape index (κ3) is 6.16. The monoisotopic (exact) mass is 880 g/mol. The second kappa shape index (κ2) is 15.6. The van der Waals surface area contributed by atoms with Crippen LogP contribution in [0.3, 0.4) is 0 Å². The Kier molecular flexibility index (Phi) is 8.79. The van der Waals surface area contributed by atoms with Gasteiger partial charge in [0.2, 0.25) is 5.95 Å². The van der Waals surface area contributed by atoms with Gasteiger partial charge in [-0.25, -0.2) is 4.98 Å². The number of aromatic nitrogens is 6. The molecular formula is C63H40N6. The van der Waals surface area contributed by atoms with Gasteiger partial charge in [0.15, 0.2) is 11.6 Å². The Morgan fingerprint density at radius 3 is 1.28 bits per heavy atom. The Bertz CT molecular complexity index is 4230. The van der Waals surface area contributed by atoms with Gasteiger partial charge in [-0.3, -0.25) is 4.57 Å². The molecule has 6 heteroatoms. The van der Waals surface area contributed by atoms with Gasteiger partial charge in [0.05, 0.1) is 38.8 Å². The van der Waals surface area contributed by atoms with E-state index in [2.05, 4.69) is 232 Å². The molecule has 69 heavy (non-hydrogen) atoms. The molecule has 0 amide bonds. The normalized spacial score (nSPS) is 11.8. The first kappa shape index (κ1) is 38.8. The van der Waals surface area contributed by atoms with Crippen molar-refractivity contribution >= 4 is 65.4 Å². The van der Waals surface area contributed by atoms with Crippen LogP contribution in [0.5, 0.6) is 0 Å². The first-order valence-corrected chi connectivity index (χ1v) is 23.4. The Labute approximate surface area is 397 Å². The van der Waals surface area contributed by atoms with E-state index >= 15 is 0 Å². The van der Waals surface area contributed by atoms with Crippen molar-refractivity contribution in [2.75, 3.05) is 0 Å². The number of rotatable bonds is 7. The maximum Gasteiger partial charge on any atom is 0.238 e. The summed E-state index contributed by atoms with van der Waals surface area (Å²) in [5, 5.41) is 6.88. The molecule has 0 fully saturated rings. The summed E-state index contributed by atoms with van der Waals surface area (Å²) in [7, 11) is 0. The number of benzene rings is 10. The molecule has 0 spiro atoms. The minimum Gasteiger partial charge on any atom is -0.309 e. The zero-order chi connectivity index (χ0) is 45.4. The van der Waals surface area contributed by atoms with E-state index in [0.717, 1.165) is 99.4 Å². The van der Waals surface area contributed by atoms with E-state index in [0.29, 0.717) is 17.6 Å². The van der Waals surface area contributed by atoms with Crippen molar-refractivity contribution < 1.29 is 0 Å². The van der Waals surface area contributed by atoms with E-state index in [1.807, 2.05) is 24.3 Å². The molecule has 0 N–H and O–H groups in total. The fourth-order valence-electron chi connectivity index (χ4n) is 10.6. The predicted molar refractivity (Wildman–Crippen MR) is 285 cm³/mol. The van der Waals surface area contributed by atoms with E-state index in [4.69, 9.17) is 15.0 Å². The topological polar surface area (TPSA) is 53.5 Å². The van der Waals surface area contributed by atoms with Gasteiger partial charge in [-0.2, -0.15) is 9.97 Å². The lowest BCUT2D eigenvalue weighted by Crippen LogP contribution is -2.07. The van der Waals surface area contributed by atoms with Crippen LogP contribution in [0.1, 0.15) is 0 Å². The molecule has 0 aliphatic carbocycles. The highest BCUT2D eigenvalue weighted by atomic mass is 15.2. The largest absolute Gasteiger partial charge is 0.309 e. The van der Waals surface area contributed by atoms with Crippen LogP contribution in [0.4, 0.5) is 0 Å². The van der Waals surface area contributed by atoms with Crippen LogP contribution in [0.15, 0.2) is 243 Å². The average Bonchev–Trinajstić information content (AvgIpc) is 4.08. The van der Waals surface area contributed by atoms with Crippen molar-refractivity contribution in [2.24, 2.45) is 0 Å². The smallest absolute Gasteiger partial charge is 0.238 e. The summed E-state index contributed by atoms with van der Waals surface area (Å²) < 4.78 is 7.22. The molecule has 14 rings (SSSR count). The van der Waals surface area contributed by atoms with Gasteiger partial charge in [-0.15, -0.1) is 0 Å². The quantitative estimate of drug-likeness (QED) is 0.160. The Morgan fingerprint density at radius 2 is 0.681 bits per heavy atom. The highest BCUT2D eigenvalue weighted by molar-refractivity contribution is 6.27. The Morgan fingerprint density at radius 1 is 0.261 bits per heavy atom. The van der Waals surface area contributed by atoms with Crippen molar-refractivity contribution in [3.05, 3.63) is 243 Å². The molecule has 322 valence electrons. The number of fused-ring (bicyclic) bond motifs is 10. The van der Waals surface area contributed by atoms with E-state index in [9.17, 15) is 0 Å². The number of hydrogen-bond donors (Lipinski definition) is 0. The van der Waals surface area contributed by atoms with Crippen molar-refractivity contribution in [1.82, 2.24) is 28.7 Å². The van der Waals surface area contributed by atoms with Gasteiger partial charge >= 0.3 is 0 Å².